The molecule has 1 aromatic rings. The van der Waals surface area contributed by atoms with Gasteiger partial charge in [0.05, 0.1) is 38.3 Å². The van der Waals surface area contributed by atoms with E-state index in [0.29, 0.717) is 23.0 Å². The maximum atomic E-state index is 12.4. The van der Waals surface area contributed by atoms with Crippen LogP contribution in [0.15, 0.2) is 18.2 Å². The zero-order valence-electron chi connectivity index (χ0n) is 15.6. The Labute approximate surface area is 163 Å². The van der Waals surface area contributed by atoms with Gasteiger partial charge in [0.1, 0.15) is 5.75 Å². The SMILES string of the molecule is COc1ccc(Cl)cc1NC(=O)CN(C)C(=O)C[NH+]1CCC[C@@H](C(N)=O)C1. The van der Waals surface area contributed by atoms with Crippen LogP contribution in [0.4, 0.5) is 5.69 Å². The second-order valence-corrected chi connectivity index (χ2v) is 7.20. The van der Waals surface area contributed by atoms with E-state index in [-0.39, 0.29) is 36.7 Å². The molecule has 0 spiro atoms. The summed E-state index contributed by atoms with van der Waals surface area (Å²) in [5, 5.41) is 3.17. The van der Waals surface area contributed by atoms with E-state index in [0.717, 1.165) is 24.3 Å². The minimum atomic E-state index is -0.352. The number of rotatable bonds is 7. The van der Waals surface area contributed by atoms with Crippen LogP contribution < -0.4 is 20.7 Å². The van der Waals surface area contributed by atoms with E-state index in [1.54, 1.807) is 25.2 Å². The first-order chi connectivity index (χ1) is 12.8. The Balaban J connectivity index is 1.87. The number of hydrogen-bond acceptors (Lipinski definition) is 4. The highest BCUT2D eigenvalue weighted by Crippen LogP contribution is 2.27. The van der Waals surface area contributed by atoms with Crippen molar-refractivity contribution in [3.8, 4) is 5.75 Å². The maximum absolute atomic E-state index is 12.4. The number of nitrogens with zero attached hydrogens (tertiary/aromatic N) is 1. The van der Waals surface area contributed by atoms with E-state index in [1.165, 1.54) is 12.0 Å². The molecule has 1 fully saturated rings. The number of methoxy groups -OCH3 is 1. The fraction of sp³-hybridized carbons (Fsp3) is 0.500. The Morgan fingerprint density at radius 3 is 2.81 bits per heavy atom. The van der Waals surface area contributed by atoms with Gasteiger partial charge in [-0.1, -0.05) is 11.6 Å². The van der Waals surface area contributed by atoms with Crippen molar-refractivity contribution in [2.45, 2.75) is 12.8 Å². The zero-order valence-corrected chi connectivity index (χ0v) is 16.3. The number of benzene rings is 1. The van der Waals surface area contributed by atoms with Crippen molar-refractivity contribution >= 4 is 35.0 Å². The molecule has 1 aliphatic heterocycles. The number of nitrogens with two attached hydrogens (primary N) is 1. The van der Waals surface area contributed by atoms with Crippen molar-refractivity contribution in [3.63, 3.8) is 0 Å². The first kappa shape index (κ1) is 21.0. The smallest absolute Gasteiger partial charge is 0.277 e. The molecule has 1 aromatic carbocycles. The van der Waals surface area contributed by atoms with Crippen LogP contribution in [0.3, 0.4) is 0 Å². The highest BCUT2D eigenvalue weighted by atomic mass is 35.5. The molecule has 1 unspecified atom stereocenters. The molecule has 27 heavy (non-hydrogen) atoms. The number of halogens is 1. The number of ether oxygens (including phenoxy) is 1. The minimum Gasteiger partial charge on any atom is -0.495 e. The predicted molar refractivity (Wildman–Crippen MR) is 102 cm³/mol. The number of carbonyl (C=O) groups is 3. The number of likely N-dealkylation sites (N-methyl/N-ethyl adjacent to an activating group) is 1. The van der Waals surface area contributed by atoms with Crippen LogP contribution in [0.25, 0.3) is 0 Å². The van der Waals surface area contributed by atoms with Crippen LogP contribution >= 0.6 is 11.6 Å². The molecule has 8 nitrogen and oxygen atoms in total. The lowest BCUT2D eigenvalue weighted by Gasteiger charge is -2.29. The summed E-state index contributed by atoms with van der Waals surface area (Å²) in [5.41, 5.74) is 5.82. The Morgan fingerprint density at radius 1 is 1.41 bits per heavy atom. The highest BCUT2D eigenvalue weighted by molar-refractivity contribution is 6.31. The summed E-state index contributed by atoms with van der Waals surface area (Å²) in [4.78, 5) is 38.4. The van der Waals surface area contributed by atoms with E-state index < -0.39 is 0 Å². The first-order valence-corrected chi connectivity index (χ1v) is 9.18. The number of quaternary nitrogens is 1. The van der Waals surface area contributed by atoms with Gasteiger partial charge in [0.15, 0.2) is 6.54 Å². The summed E-state index contributed by atoms with van der Waals surface area (Å²) < 4.78 is 5.19. The van der Waals surface area contributed by atoms with Crippen molar-refractivity contribution in [2.75, 3.05) is 45.7 Å². The van der Waals surface area contributed by atoms with E-state index in [2.05, 4.69) is 5.32 Å². The number of likely N-dealkylation sites (tertiary alicyclic amines) is 1. The molecular weight excluding hydrogens is 372 g/mol. The largest absolute Gasteiger partial charge is 0.495 e. The molecule has 0 radical (unpaired) electrons. The van der Waals surface area contributed by atoms with Gasteiger partial charge in [0, 0.05) is 12.1 Å². The lowest BCUT2D eigenvalue weighted by Crippen LogP contribution is -3.14. The summed E-state index contributed by atoms with van der Waals surface area (Å²) >= 11 is 5.95. The number of primary amides is 1. The fourth-order valence-electron chi connectivity index (χ4n) is 3.17. The molecule has 1 saturated heterocycles. The third kappa shape index (κ3) is 6.11. The Bertz CT molecular complexity index is 713. The van der Waals surface area contributed by atoms with Crippen LogP contribution in [0, 0.1) is 5.92 Å². The van der Waals surface area contributed by atoms with Crippen LogP contribution in [0.5, 0.6) is 5.75 Å². The number of hydrogen-bond donors (Lipinski definition) is 3. The second kappa shape index (κ2) is 9.57. The molecule has 0 aliphatic carbocycles. The summed E-state index contributed by atoms with van der Waals surface area (Å²) in [6, 6.07) is 4.90. The first-order valence-electron chi connectivity index (χ1n) is 8.80. The topological polar surface area (TPSA) is 106 Å². The second-order valence-electron chi connectivity index (χ2n) is 6.77. The van der Waals surface area contributed by atoms with Gasteiger partial charge < -0.3 is 25.6 Å². The molecule has 3 amide bonds. The Hall–Kier alpha value is -2.32. The van der Waals surface area contributed by atoms with Crippen LogP contribution in [-0.2, 0) is 14.4 Å². The van der Waals surface area contributed by atoms with Crippen LogP contribution in [-0.4, -0.2) is 63.0 Å². The summed E-state index contributed by atoms with van der Waals surface area (Å²) in [5.74, 6) is -0.538. The molecule has 1 heterocycles. The van der Waals surface area contributed by atoms with Gasteiger partial charge in [-0.3, -0.25) is 14.4 Å². The number of piperidine rings is 1. The van der Waals surface area contributed by atoms with Crippen molar-refractivity contribution < 1.29 is 24.0 Å². The minimum absolute atomic E-state index is 0.0962. The molecule has 148 valence electrons. The van der Waals surface area contributed by atoms with E-state index in [4.69, 9.17) is 22.1 Å². The molecule has 2 rings (SSSR count). The lowest BCUT2D eigenvalue weighted by molar-refractivity contribution is -0.899. The van der Waals surface area contributed by atoms with Crippen molar-refractivity contribution in [2.24, 2.45) is 11.7 Å². The van der Waals surface area contributed by atoms with E-state index in [1.807, 2.05) is 0 Å². The number of nitrogens with one attached hydrogen (secondary N) is 2. The average molecular weight is 398 g/mol. The van der Waals surface area contributed by atoms with Gasteiger partial charge in [0.25, 0.3) is 5.91 Å². The van der Waals surface area contributed by atoms with E-state index in [9.17, 15) is 14.4 Å². The third-order valence-corrected chi connectivity index (χ3v) is 4.90. The molecule has 0 aromatic heterocycles. The van der Waals surface area contributed by atoms with Crippen molar-refractivity contribution in [3.05, 3.63) is 23.2 Å². The molecule has 1 aliphatic rings. The molecule has 9 heteroatoms. The van der Waals surface area contributed by atoms with Crippen LogP contribution in [0.2, 0.25) is 5.02 Å². The third-order valence-electron chi connectivity index (χ3n) is 4.66. The number of carbonyl (C=O) groups excluding carboxylic acids is 3. The Kier molecular flexibility index (Phi) is 7.44. The summed E-state index contributed by atoms with van der Waals surface area (Å²) in [6.07, 6.45) is 1.63. The van der Waals surface area contributed by atoms with Gasteiger partial charge in [-0.15, -0.1) is 0 Å². The fourth-order valence-corrected chi connectivity index (χ4v) is 3.35. The molecule has 0 saturated carbocycles. The standard InChI is InChI=1S/C18H25ClN4O4/c1-22(17(25)11-23-7-3-4-12(9-23)18(20)26)10-16(24)21-14-8-13(19)5-6-15(14)27-2/h5-6,8,12H,3-4,7,9-11H2,1-2H3,(H2,20,26)(H,21,24)/p+1/t12-/m1/s1. The van der Waals surface area contributed by atoms with Crippen LogP contribution in [0.1, 0.15) is 12.8 Å². The Morgan fingerprint density at radius 2 is 2.15 bits per heavy atom. The normalized spacial score (nSPS) is 19.2. The predicted octanol–water partition coefficient (Wildman–Crippen LogP) is -0.474. The quantitative estimate of drug-likeness (QED) is 0.578. The lowest BCUT2D eigenvalue weighted by atomic mass is 9.97. The molecule has 0 bridgehead atoms. The van der Waals surface area contributed by atoms with Gasteiger partial charge in [-0.25, -0.2) is 0 Å². The van der Waals surface area contributed by atoms with Crippen molar-refractivity contribution in [1.82, 2.24) is 4.90 Å². The van der Waals surface area contributed by atoms with Gasteiger partial charge in [0.2, 0.25) is 11.8 Å². The summed E-state index contributed by atoms with van der Waals surface area (Å²) in [6.45, 7) is 1.51. The van der Waals surface area contributed by atoms with Gasteiger partial charge >= 0.3 is 0 Å². The maximum Gasteiger partial charge on any atom is 0.277 e. The zero-order chi connectivity index (χ0) is 20.0. The highest BCUT2D eigenvalue weighted by Gasteiger charge is 2.29. The number of amides is 3. The summed E-state index contributed by atoms with van der Waals surface area (Å²) in [7, 11) is 3.07. The van der Waals surface area contributed by atoms with Gasteiger partial charge in [-0.05, 0) is 31.0 Å². The number of anilines is 1. The van der Waals surface area contributed by atoms with E-state index >= 15 is 0 Å². The van der Waals surface area contributed by atoms with Gasteiger partial charge in [-0.2, -0.15) is 0 Å². The molecular formula is C18H26ClN4O4+. The van der Waals surface area contributed by atoms with Crippen molar-refractivity contribution in [1.29, 1.82) is 0 Å². The molecule has 2 atom stereocenters. The average Bonchev–Trinajstić information content (AvgIpc) is 2.62. The monoisotopic (exact) mass is 397 g/mol. The molecule has 4 N–H and O–H groups in total.